The van der Waals surface area contributed by atoms with E-state index in [9.17, 15) is 4.39 Å². The van der Waals surface area contributed by atoms with Crippen molar-refractivity contribution < 1.29 is 4.39 Å². The average molecular weight is 304 g/mol. The number of halogens is 1. The Morgan fingerprint density at radius 1 is 1.00 bits per heavy atom. The number of nitrogens with zero attached hydrogens (tertiary/aromatic N) is 4. The highest BCUT2D eigenvalue weighted by atomic mass is 19.1. The first-order chi connectivity index (χ1) is 10.7. The number of piperazine rings is 1. The van der Waals surface area contributed by atoms with E-state index in [1.54, 1.807) is 6.07 Å². The van der Waals surface area contributed by atoms with Crippen molar-refractivity contribution in [2.75, 3.05) is 38.1 Å². The van der Waals surface area contributed by atoms with Crippen LogP contribution in [0.3, 0.4) is 0 Å². The molecule has 0 saturated carbocycles. The van der Waals surface area contributed by atoms with Crippen molar-refractivity contribution in [2.45, 2.75) is 43.8 Å². The number of fused-ring (bicyclic) bond motifs is 2. The van der Waals surface area contributed by atoms with Crippen LogP contribution in [0.5, 0.6) is 0 Å². The molecule has 4 heterocycles. The van der Waals surface area contributed by atoms with Gasteiger partial charge in [0.05, 0.1) is 0 Å². The van der Waals surface area contributed by atoms with Gasteiger partial charge in [-0.3, -0.25) is 4.90 Å². The second-order valence-corrected chi connectivity index (χ2v) is 7.02. The van der Waals surface area contributed by atoms with E-state index in [0.717, 1.165) is 50.1 Å². The van der Waals surface area contributed by atoms with E-state index in [1.165, 1.54) is 31.7 Å². The monoisotopic (exact) mass is 304 g/mol. The van der Waals surface area contributed by atoms with Crippen molar-refractivity contribution in [3.05, 3.63) is 24.1 Å². The van der Waals surface area contributed by atoms with E-state index >= 15 is 0 Å². The van der Waals surface area contributed by atoms with Gasteiger partial charge in [0.1, 0.15) is 5.82 Å². The SMILES string of the molecule is CN1C2CCC1CC(N1CCN(c3cccc(F)n3)CC1)C2. The average Bonchev–Trinajstić information content (AvgIpc) is 2.76. The minimum Gasteiger partial charge on any atom is -0.354 e. The summed E-state index contributed by atoms with van der Waals surface area (Å²) in [6.07, 6.45) is 5.41. The van der Waals surface area contributed by atoms with Gasteiger partial charge in [0.15, 0.2) is 0 Å². The molecule has 0 aromatic carbocycles. The third-order valence-corrected chi connectivity index (χ3v) is 5.93. The first kappa shape index (κ1) is 14.4. The standard InChI is InChI=1S/C17H25FN4/c1-20-13-5-6-14(20)12-15(11-13)21-7-9-22(10-8-21)17-4-2-3-16(18)19-17/h2-4,13-15H,5-12H2,1H3. The van der Waals surface area contributed by atoms with Crippen molar-refractivity contribution in [3.8, 4) is 0 Å². The molecule has 0 spiro atoms. The summed E-state index contributed by atoms with van der Waals surface area (Å²) in [5, 5.41) is 0. The van der Waals surface area contributed by atoms with Crippen LogP contribution in [0.2, 0.25) is 0 Å². The van der Waals surface area contributed by atoms with Crippen LogP contribution in [0.25, 0.3) is 0 Å². The molecule has 3 aliphatic rings. The molecule has 3 aliphatic heterocycles. The molecule has 0 radical (unpaired) electrons. The van der Waals surface area contributed by atoms with Crippen LogP contribution >= 0.6 is 0 Å². The number of rotatable bonds is 2. The summed E-state index contributed by atoms with van der Waals surface area (Å²) >= 11 is 0. The van der Waals surface area contributed by atoms with E-state index in [2.05, 4.69) is 26.7 Å². The smallest absolute Gasteiger partial charge is 0.214 e. The van der Waals surface area contributed by atoms with E-state index in [4.69, 9.17) is 0 Å². The molecule has 22 heavy (non-hydrogen) atoms. The summed E-state index contributed by atoms with van der Waals surface area (Å²) in [4.78, 5) is 11.5. The highest BCUT2D eigenvalue weighted by Gasteiger charge is 2.40. The zero-order valence-electron chi connectivity index (χ0n) is 13.3. The summed E-state index contributed by atoms with van der Waals surface area (Å²) in [5.74, 6) is 0.398. The Bertz CT molecular complexity index is 515. The fraction of sp³-hybridized carbons (Fsp3) is 0.706. The lowest BCUT2D eigenvalue weighted by Gasteiger charge is -2.45. The van der Waals surface area contributed by atoms with Crippen molar-refractivity contribution in [1.82, 2.24) is 14.8 Å². The third kappa shape index (κ3) is 2.61. The number of hydrogen-bond acceptors (Lipinski definition) is 4. The fourth-order valence-corrected chi connectivity index (χ4v) is 4.57. The summed E-state index contributed by atoms with van der Waals surface area (Å²) in [6.45, 7) is 4.06. The van der Waals surface area contributed by atoms with Crippen LogP contribution in [0, 0.1) is 5.95 Å². The molecule has 3 saturated heterocycles. The number of anilines is 1. The Hall–Kier alpha value is -1.20. The van der Waals surface area contributed by atoms with Gasteiger partial charge in [-0.15, -0.1) is 0 Å². The Morgan fingerprint density at radius 2 is 1.68 bits per heavy atom. The van der Waals surface area contributed by atoms with Crippen molar-refractivity contribution in [3.63, 3.8) is 0 Å². The molecule has 4 rings (SSSR count). The molecule has 1 aromatic rings. The molecule has 0 N–H and O–H groups in total. The van der Waals surface area contributed by atoms with Crippen LogP contribution in [0.15, 0.2) is 18.2 Å². The van der Waals surface area contributed by atoms with Gasteiger partial charge in [-0.25, -0.2) is 4.98 Å². The summed E-state index contributed by atoms with van der Waals surface area (Å²) in [5.41, 5.74) is 0. The second-order valence-electron chi connectivity index (χ2n) is 7.02. The minimum absolute atomic E-state index is 0.383. The highest BCUT2D eigenvalue weighted by molar-refractivity contribution is 5.38. The molecular formula is C17H25FN4. The second kappa shape index (κ2) is 5.78. The van der Waals surface area contributed by atoms with E-state index in [1.807, 2.05) is 6.07 Å². The van der Waals surface area contributed by atoms with Gasteiger partial charge < -0.3 is 9.80 Å². The lowest BCUT2D eigenvalue weighted by atomic mass is 9.96. The maximum atomic E-state index is 13.3. The number of pyridine rings is 1. The Kier molecular flexibility index (Phi) is 3.78. The van der Waals surface area contributed by atoms with Crippen LogP contribution in [-0.4, -0.2) is 66.1 Å². The first-order valence-electron chi connectivity index (χ1n) is 8.54. The van der Waals surface area contributed by atoms with Crippen LogP contribution in [0.4, 0.5) is 10.2 Å². The predicted octanol–water partition coefficient (Wildman–Crippen LogP) is 1.97. The summed E-state index contributed by atoms with van der Waals surface area (Å²) in [6, 6.07) is 7.41. The minimum atomic E-state index is -0.383. The molecule has 0 aliphatic carbocycles. The van der Waals surface area contributed by atoms with Gasteiger partial charge in [0.2, 0.25) is 5.95 Å². The molecule has 120 valence electrons. The van der Waals surface area contributed by atoms with Gasteiger partial charge in [-0.2, -0.15) is 4.39 Å². The van der Waals surface area contributed by atoms with Gasteiger partial charge in [-0.05, 0) is 44.9 Å². The molecular weight excluding hydrogens is 279 g/mol. The van der Waals surface area contributed by atoms with E-state index in [0.29, 0.717) is 0 Å². The molecule has 1 aromatic heterocycles. The lowest BCUT2D eigenvalue weighted by molar-refractivity contribution is 0.0718. The Morgan fingerprint density at radius 3 is 2.32 bits per heavy atom. The van der Waals surface area contributed by atoms with Crippen molar-refractivity contribution in [1.29, 1.82) is 0 Å². The maximum Gasteiger partial charge on any atom is 0.214 e. The summed E-state index contributed by atoms with van der Waals surface area (Å²) < 4.78 is 13.3. The predicted molar refractivity (Wildman–Crippen MR) is 85.6 cm³/mol. The molecule has 2 atom stereocenters. The fourth-order valence-electron chi connectivity index (χ4n) is 4.57. The number of hydrogen-bond donors (Lipinski definition) is 0. The van der Waals surface area contributed by atoms with E-state index in [-0.39, 0.29) is 5.95 Å². The Labute approximate surface area is 131 Å². The van der Waals surface area contributed by atoms with Gasteiger partial charge in [0, 0.05) is 44.3 Å². The molecule has 2 unspecified atom stereocenters. The van der Waals surface area contributed by atoms with Crippen molar-refractivity contribution in [2.24, 2.45) is 0 Å². The maximum absolute atomic E-state index is 13.3. The van der Waals surface area contributed by atoms with Gasteiger partial charge in [-0.1, -0.05) is 6.07 Å². The topological polar surface area (TPSA) is 22.6 Å². The zero-order valence-corrected chi connectivity index (χ0v) is 13.3. The molecule has 0 amide bonds. The number of piperidine rings is 1. The third-order valence-electron chi connectivity index (χ3n) is 5.93. The molecule has 5 heteroatoms. The molecule has 3 fully saturated rings. The number of aromatic nitrogens is 1. The summed E-state index contributed by atoms with van der Waals surface area (Å²) in [7, 11) is 2.30. The Balaban J connectivity index is 1.36. The normalized spacial score (nSPS) is 33.4. The molecule has 4 nitrogen and oxygen atoms in total. The highest BCUT2D eigenvalue weighted by Crippen LogP contribution is 2.36. The molecule has 2 bridgehead atoms. The van der Waals surface area contributed by atoms with E-state index < -0.39 is 0 Å². The zero-order chi connectivity index (χ0) is 15.1. The van der Waals surface area contributed by atoms with Crippen LogP contribution in [-0.2, 0) is 0 Å². The van der Waals surface area contributed by atoms with Crippen LogP contribution < -0.4 is 4.90 Å². The quantitative estimate of drug-likeness (QED) is 0.779. The van der Waals surface area contributed by atoms with Crippen LogP contribution in [0.1, 0.15) is 25.7 Å². The van der Waals surface area contributed by atoms with Gasteiger partial charge in [0.25, 0.3) is 0 Å². The largest absolute Gasteiger partial charge is 0.354 e. The van der Waals surface area contributed by atoms with Crippen molar-refractivity contribution >= 4 is 5.82 Å². The first-order valence-corrected chi connectivity index (χ1v) is 8.54. The lowest BCUT2D eigenvalue weighted by Crippen LogP contribution is -2.55. The van der Waals surface area contributed by atoms with Gasteiger partial charge >= 0.3 is 0 Å².